The van der Waals surface area contributed by atoms with Crippen molar-refractivity contribution in [3.63, 3.8) is 0 Å². The molecule has 0 radical (unpaired) electrons. The number of amides is 1. The van der Waals surface area contributed by atoms with Crippen LogP contribution in [0.4, 0.5) is 4.39 Å². The molecule has 1 aliphatic heterocycles. The van der Waals surface area contributed by atoms with Crippen molar-refractivity contribution in [1.82, 2.24) is 4.90 Å². The van der Waals surface area contributed by atoms with Gasteiger partial charge in [-0.15, -0.1) is 0 Å². The highest BCUT2D eigenvalue weighted by atomic mass is 19.1. The number of carbonyl (C=O) groups is 1. The van der Waals surface area contributed by atoms with E-state index in [9.17, 15) is 9.18 Å². The van der Waals surface area contributed by atoms with Crippen LogP contribution in [0.3, 0.4) is 0 Å². The molecule has 1 saturated heterocycles. The molecule has 20 heavy (non-hydrogen) atoms. The molecule has 1 heterocycles. The molecule has 1 aliphatic rings. The predicted octanol–water partition coefficient (Wildman–Crippen LogP) is 2.19. The first-order valence-corrected chi connectivity index (χ1v) is 6.91. The van der Waals surface area contributed by atoms with E-state index in [1.807, 2.05) is 4.90 Å². The van der Waals surface area contributed by atoms with Crippen molar-refractivity contribution >= 4 is 5.91 Å². The van der Waals surface area contributed by atoms with E-state index in [0.29, 0.717) is 11.1 Å². The molecule has 2 rings (SSSR count). The van der Waals surface area contributed by atoms with Crippen molar-refractivity contribution in [1.29, 1.82) is 0 Å². The number of hydrogen-bond donors (Lipinski definition) is 1. The Hall–Kier alpha value is -1.86. The maximum Gasteiger partial charge on any atom is 0.255 e. The fourth-order valence-corrected chi connectivity index (χ4v) is 2.39. The first kappa shape index (κ1) is 14.5. The van der Waals surface area contributed by atoms with E-state index in [1.165, 1.54) is 18.2 Å². The van der Waals surface area contributed by atoms with Crippen LogP contribution in [0.5, 0.6) is 0 Å². The summed E-state index contributed by atoms with van der Waals surface area (Å²) in [6.07, 6.45) is 4.30. The molecule has 1 aromatic rings. The summed E-state index contributed by atoms with van der Waals surface area (Å²) < 4.78 is 13.3. The highest BCUT2D eigenvalue weighted by Crippen LogP contribution is 2.17. The predicted molar refractivity (Wildman–Crippen MR) is 74.7 cm³/mol. The summed E-state index contributed by atoms with van der Waals surface area (Å²) in [4.78, 5) is 14.3. The van der Waals surface area contributed by atoms with E-state index >= 15 is 0 Å². The standard InChI is InChI=1S/C16H18FNO2/c17-14-7-8-15(13(12-14)6-5-11-19)16(20)18-9-3-1-2-4-10-18/h7-8,12,19H,1-4,9-11H2. The van der Waals surface area contributed by atoms with Crippen LogP contribution in [0.15, 0.2) is 18.2 Å². The fourth-order valence-electron chi connectivity index (χ4n) is 2.39. The highest BCUT2D eigenvalue weighted by molar-refractivity contribution is 5.96. The van der Waals surface area contributed by atoms with Gasteiger partial charge in [-0.1, -0.05) is 24.7 Å². The van der Waals surface area contributed by atoms with Gasteiger partial charge in [0.25, 0.3) is 5.91 Å². The molecule has 1 aromatic carbocycles. The lowest BCUT2D eigenvalue weighted by atomic mass is 10.1. The fraction of sp³-hybridized carbons (Fsp3) is 0.438. The van der Waals surface area contributed by atoms with Gasteiger partial charge < -0.3 is 10.0 Å². The maximum absolute atomic E-state index is 13.3. The van der Waals surface area contributed by atoms with E-state index in [0.717, 1.165) is 38.8 Å². The van der Waals surface area contributed by atoms with Crippen LogP contribution < -0.4 is 0 Å². The molecule has 1 fully saturated rings. The van der Waals surface area contributed by atoms with Gasteiger partial charge in [0.15, 0.2) is 0 Å². The van der Waals surface area contributed by atoms with Crippen molar-refractivity contribution in [3.05, 3.63) is 35.1 Å². The Balaban J connectivity index is 2.28. The lowest BCUT2D eigenvalue weighted by molar-refractivity contribution is 0.0761. The number of aliphatic hydroxyl groups is 1. The van der Waals surface area contributed by atoms with E-state index in [4.69, 9.17) is 5.11 Å². The van der Waals surface area contributed by atoms with E-state index in [2.05, 4.69) is 11.8 Å². The second-order valence-corrected chi connectivity index (χ2v) is 4.86. The minimum absolute atomic E-state index is 0.103. The van der Waals surface area contributed by atoms with Gasteiger partial charge in [-0.2, -0.15) is 0 Å². The molecular weight excluding hydrogens is 257 g/mol. The Labute approximate surface area is 118 Å². The quantitative estimate of drug-likeness (QED) is 0.798. The zero-order chi connectivity index (χ0) is 14.4. The summed E-state index contributed by atoms with van der Waals surface area (Å²) in [5.74, 6) is 4.59. The Morgan fingerprint density at radius 2 is 1.95 bits per heavy atom. The number of likely N-dealkylation sites (tertiary alicyclic amines) is 1. The Morgan fingerprint density at radius 3 is 2.60 bits per heavy atom. The van der Waals surface area contributed by atoms with Gasteiger partial charge in [-0.25, -0.2) is 4.39 Å². The number of benzene rings is 1. The molecule has 0 atom stereocenters. The Kier molecular flexibility index (Phi) is 5.14. The molecule has 0 aliphatic carbocycles. The van der Waals surface area contributed by atoms with Crippen LogP contribution in [-0.4, -0.2) is 35.6 Å². The zero-order valence-corrected chi connectivity index (χ0v) is 11.4. The van der Waals surface area contributed by atoms with Gasteiger partial charge >= 0.3 is 0 Å². The van der Waals surface area contributed by atoms with Gasteiger partial charge in [0.2, 0.25) is 0 Å². The average Bonchev–Trinajstić information content (AvgIpc) is 2.73. The van der Waals surface area contributed by atoms with Gasteiger partial charge in [0, 0.05) is 18.7 Å². The second kappa shape index (κ2) is 7.06. The molecule has 0 spiro atoms. The number of hydrogen-bond acceptors (Lipinski definition) is 2. The van der Waals surface area contributed by atoms with Crippen molar-refractivity contribution in [2.45, 2.75) is 25.7 Å². The smallest absolute Gasteiger partial charge is 0.255 e. The molecule has 4 heteroatoms. The zero-order valence-electron chi connectivity index (χ0n) is 11.4. The number of nitrogens with zero attached hydrogens (tertiary/aromatic N) is 1. The number of rotatable bonds is 1. The van der Waals surface area contributed by atoms with Crippen LogP contribution in [0.2, 0.25) is 0 Å². The highest BCUT2D eigenvalue weighted by Gasteiger charge is 2.19. The number of aliphatic hydroxyl groups excluding tert-OH is 1. The summed E-state index contributed by atoms with van der Waals surface area (Å²) in [5.41, 5.74) is 0.752. The van der Waals surface area contributed by atoms with Crippen molar-refractivity contribution in [2.75, 3.05) is 19.7 Å². The summed E-state index contributed by atoms with van der Waals surface area (Å²) in [6.45, 7) is 1.17. The van der Waals surface area contributed by atoms with Crippen LogP contribution >= 0.6 is 0 Å². The van der Waals surface area contributed by atoms with E-state index < -0.39 is 5.82 Å². The molecule has 1 N–H and O–H groups in total. The van der Waals surface area contributed by atoms with Crippen LogP contribution in [0, 0.1) is 17.7 Å². The SMILES string of the molecule is O=C(c1ccc(F)cc1C#CCO)N1CCCCCC1. The summed E-state index contributed by atoms with van der Waals surface area (Å²) in [5, 5.41) is 8.75. The average molecular weight is 275 g/mol. The first-order chi connectivity index (χ1) is 9.72. The van der Waals surface area contributed by atoms with Crippen LogP contribution in [0.25, 0.3) is 0 Å². The molecule has 1 amide bonds. The molecule has 0 saturated carbocycles. The van der Waals surface area contributed by atoms with Crippen molar-refractivity contribution in [2.24, 2.45) is 0 Å². The van der Waals surface area contributed by atoms with E-state index in [-0.39, 0.29) is 12.5 Å². The molecule has 0 aromatic heterocycles. The topological polar surface area (TPSA) is 40.5 Å². The minimum Gasteiger partial charge on any atom is -0.384 e. The van der Waals surface area contributed by atoms with Gasteiger partial charge in [-0.05, 0) is 31.0 Å². The minimum atomic E-state index is -0.431. The lowest BCUT2D eigenvalue weighted by Crippen LogP contribution is -2.32. The molecular formula is C16H18FNO2. The third-order valence-corrected chi connectivity index (χ3v) is 3.41. The van der Waals surface area contributed by atoms with E-state index in [1.54, 1.807) is 0 Å². The molecule has 0 bridgehead atoms. The normalized spacial score (nSPS) is 15.2. The molecule has 0 unspecified atom stereocenters. The Bertz CT molecular complexity index is 537. The third-order valence-electron chi connectivity index (χ3n) is 3.41. The number of carbonyl (C=O) groups excluding carboxylic acids is 1. The van der Waals surface area contributed by atoms with Crippen molar-refractivity contribution < 1.29 is 14.3 Å². The van der Waals surface area contributed by atoms with Crippen molar-refractivity contribution in [3.8, 4) is 11.8 Å². The maximum atomic E-state index is 13.3. The summed E-state index contributed by atoms with van der Waals surface area (Å²) in [7, 11) is 0. The first-order valence-electron chi connectivity index (χ1n) is 6.91. The van der Waals surface area contributed by atoms with Gasteiger partial charge in [0.05, 0.1) is 5.56 Å². The number of halogens is 1. The van der Waals surface area contributed by atoms with Gasteiger partial charge in [-0.3, -0.25) is 4.79 Å². The second-order valence-electron chi connectivity index (χ2n) is 4.86. The van der Waals surface area contributed by atoms with Gasteiger partial charge in [0.1, 0.15) is 12.4 Å². The summed E-state index contributed by atoms with van der Waals surface area (Å²) in [6, 6.07) is 3.99. The molecule has 3 nitrogen and oxygen atoms in total. The lowest BCUT2D eigenvalue weighted by Gasteiger charge is -2.21. The summed E-state index contributed by atoms with van der Waals surface area (Å²) >= 11 is 0. The Morgan fingerprint density at radius 1 is 1.25 bits per heavy atom. The van der Waals surface area contributed by atoms with Crippen LogP contribution in [0.1, 0.15) is 41.6 Å². The largest absolute Gasteiger partial charge is 0.384 e. The monoisotopic (exact) mass is 275 g/mol. The molecule has 106 valence electrons. The van der Waals surface area contributed by atoms with Crippen LogP contribution in [-0.2, 0) is 0 Å². The third kappa shape index (κ3) is 3.58.